The van der Waals surface area contributed by atoms with E-state index in [0.717, 1.165) is 0 Å². The molecule has 0 bridgehead atoms. The fraction of sp³-hybridized carbons (Fsp3) is 0.226. The Labute approximate surface area is 255 Å². The number of aliphatic carboxylic acids is 1. The van der Waals surface area contributed by atoms with E-state index < -0.39 is 18.1 Å². The molecular weight excluding hydrogens is 579 g/mol. The minimum absolute atomic E-state index is 0. The summed E-state index contributed by atoms with van der Waals surface area (Å²) in [4.78, 5) is 37.2. The molecule has 0 amide bonds. The van der Waals surface area contributed by atoms with Gasteiger partial charge in [-0.15, -0.1) is 0 Å². The number of rotatable bonds is 13. The molecule has 1 unspecified atom stereocenters. The minimum atomic E-state index is -1.04. The first kappa shape index (κ1) is 34.1. The van der Waals surface area contributed by atoms with Crippen molar-refractivity contribution in [1.82, 2.24) is 19.8 Å². The van der Waals surface area contributed by atoms with Gasteiger partial charge in [0, 0.05) is 36.6 Å². The molecule has 0 fully saturated rings. The SMILES string of the molecule is CC(=O)CN(CCN(CC(=O)O)C(c1ccccn1)c1ccccc1O)[C@H](c1ccccn1)c1ccccc1O.O.[Mn+2]. The van der Waals surface area contributed by atoms with Crippen LogP contribution in [0.15, 0.2) is 97.3 Å². The van der Waals surface area contributed by atoms with Crippen LogP contribution >= 0.6 is 0 Å². The summed E-state index contributed by atoms with van der Waals surface area (Å²) in [5.41, 5.74) is 2.30. The van der Waals surface area contributed by atoms with E-state index in [0.29, 0.717) is 22.5 Å². The van der Waals surface area contributed by atoms with E-state index >= 15 is 0 Å². The summed E-state index contributed by atoms with van der Waals surface area (Å²) >= 11 is 0. The zero-order valence-corrected chi connectivity index (χ0v) is 24.2. The second-order valence-electron chi connectivity index (χ2n) is 9.47. The van der Waals surface area contributed by atoms with Crippen molar-refractivity contribution < 1.29 is 47.5 Å². The summed E-state index contributed by atoms with van der Waals surface area (Å²) in [5.74, 6) is -1.05. The van der Waals surface area contributed by atoms with E-state index in [2.05, 4.69) is 9.97 Å². The largest absolute Gasteiger partial charge is 2.00 e. The molecule has 219 valence electrons. The molecule has 0 aliphatic rings. The topological polar surface area (TPSA) is 159 Å². The number of para-hydroxylation sites is 2. The molecule has 42 heavy (non-hydrogen) atoms. The monoisotopic (exact) mass is 613 g/mol. The Morgan fingerprint density at radius 2 is 1.10 bits per heavy atom. The Balaban J connectivity index is 0.00000308. The standard InChI is InChI=1S/C31H32N4O5.Mn.H2O/c1-22(36)20-34(30(25-12-6-8-16-32-25)23-10-2-4-14-27(23)37)18-19-35(21-29(39)40)31(26-13-7-9-17-33-26)24-11-3-5-15-28(24)38;;/h2-17,30-31,37-38H,18-21H2,1H3,(H,39,40);;1H2/q;+2;/t30-,31?;;/m0../s1. The summed E-state index contributed by atoms with van der Waals surface area (Å²) in [7, 11) is 0. The van der Waals surface area contributed by atoms with Crippen LogP contribution in [0, 0.1) is 0 Å². The first-order valence-corrected chi connectivity index (χ1v) is 12.9. The van der Waals surface area contributed by atoms with Gasteiger partial charge in [0.05, 0.1) is 36.6 Å². The number of pyridine rings is 2. The minimum Gasteiger partial charge on any atom is -0.508 e. The molecule has 5 N–H and O–H groups in total. The van der Waals surface area contributed by atoms with Crippen LogP contribution in [0.4, 0.5) is 0 Å². The Hall–Kier alpha value is -4.12. The van der Waals surface area contributed by atoms with Gasteiger partial charge in [-0.25, -0.2) is 0 Å². The van der Waals surface area contributed by atoms with E-state index in [1.54, 1.807) is 78.0 Å². The maximum Gasteiger partial charge on any atom is 2.00 e. The number of hydrogen-bond donors (Lipinski definition) is 3. The van der Waals surface area contributed by atoms with Crippen LogP contribution in [0.5, 0.6) is 11.5 Å². The molecule has 0 spiro atoms. The number of hydrogen-bond acceptors (Lipinski definition) is 8. The van der Waals surface area contributed by atoms with Gasteiger partial charge < -0.3 is 20.8 Å². The zero-order valence-electron chi connectivity index (χ0n) is 23.0. The quantitative estimate of drug-likeness (QED) is 0.193. The normalized spacial score (nSPS) is 12.2. The number of benzene rings is 2. The predicted octanol–water partition coefficient (Wildman–Crippen LogP) is 3.22. The second kappa shape index (κ2) is 16.4. The molecule has 2 atom stereocenters. The molecule has 10 nitrogen and oxygen atoms in total. The summed E-state index contributed by atoms with van der Waals surface area (Å²) in [5, 5.41) is 31.4. The van der Waals surface area contributed by atoms with Crippen molar-refractivity contribution in [3.63, 3.8) is 0 Å². The molecule has 0 aliphatic heterocycles. The number of aromatic nitrogens is 2. The number of carboxylic acid groups (broad SMARTS) is 1. The van der Waals surface area contributed by atoms with Crippen LogP contribution in [-0.4, -0.2) is 78.5 Å². The van der Waals surface area contributed by atoms with Crippen molar-refractivity contribution >= 4 is 11.8 Å². The van der Waals surface area contributed by atoms with Crippen molar-refractivity contribution in [2.24, 2.45) is 0 Å². The van der Waals surface area contributed by atoms with Gasteiger partial charge in [0.15, 0.2) is 0 Å². The van der Waals surface area contributed by atoms with E-state index in [1.165, 1.54) is 6.92 Å². The molecule has 1 radical (unpaired) electrons. The van der Waals surface area contributed by atoms with Crippen LogP contribution in [-0.2, 0) is 26.7 Å². The number of carbonyl (C=O) groups excluding carboxylic acids is 1. The van der Waals surface area contributed by atoms with Crippen molar-refractivity contribution in [3.05, 3.63) is 120 Å². The summed E-state index contributed by atoms with van der Waals surface area (Å²) in [6.07, 6.45) is 3.28. The van der Waals surface area contributed by atoms with E-state index in [1.807, 2.05) is 29.2 Å². The van der Waals surface area contributed by atoms with Gasteiger partial charge in [-0.05, 0) is 43.3 Å². The van der Waals surface area contributed by atoms with Gasteiger partial charge in [0.1, 0.15) is 17.3 Å². The smallest absolute Gasteiger partial charge is 0.508 e. The number of Topliss-reactive ketones (excluding diaryl/α,β-unsaturated/α-hetero) is 1. The second-order valence-corrected chi connectivity index (χ2v) is 9.47. The van der Waals surface area contributed by atoms with Gasteiger partial charge >= 0.3 is 23.0 Å². The molecule has 2 aromatic heterocycles. The van der Waals surface area contributed by atoms with Crippen LogP contribution in [0.3, 0.4) is 0 Å². The molecule has 0 saturated heterocycles. The molecule has 0 saturated carbocycles. The number of phenolic OH excluding ortho intramolecular Hbond substituents is 2. The van der Waals surface area contributed by atoms with E-state index in [4.69, 9.17) is 0 Å². The third kappa shape index (κ3) is 8.69. The Morgan fingerprint density at radius 3 is 1.45 bits per heavy atom. The van der Waals surface area contributed by atoms with Crippen LogP contribution in [0.25, 0.3) is 0 Å². The maximum absolute atomic E-state index is 12.5. The molecular formula is C31H34MnN4O6+2. The summed E-state index contributed by atoms with van der Waals surface area (Å²) < 4.78 is 0. The van der Waals surface area contributed by atoms with Gasteiger partial charge in [-0.2, -0.15) is 0 Å². The third-order valence-electron chi connectivity index (χ3n) is 6.57. The number of nitrogens with zero attached hydrogens (tertiary/aromatic N) is 4. The van der Waals surface area contributed by atoms with Crippen molar-refractivity contribution in [1.29, 1.82) is 0 Å². The van der Waals surface area contributed by atoms with E-state index in [9.17, 15) is 24.9 Å². The molecule has 2 heterocycles. The average Bonchev–Trinajstić information content (AvgIpc) is 2.94. The number of carbonyl (C=O) groups is 2. The molecule has 0 aliphatic carbocycles. The number of ketones is 1. The van der Waals surface area contributed by atoms with Crippen molar-refractivity contribution in [2.45, 2.75) is 19.0 Å². The fourth-order valence-electron chi connectivity index (χ4n) is 4.91. The van der Waals surface area contributed by atoms with Gasteiger partial charge in [-0.1, -0.05) is 48.5 Å². The fourth-order valence-corrected chi connectivity index (χ4v) is 4.91. The zero-order chi connectivity index (χ0) is 28.5. The molecule has 4 aromatic rings. The summed E-state index contributed by atoms with van der Waals surface area (Å²) in [6.45, 7) is 1.64. The molecule has 2 aromatic carbocycles. The number of carboxylic acids is 1. The number of phenols is 2. The van der Waals surface area contributed by atoms with E-state index in [-0.39, 0.29) is 66.0 Å². The molecule has 11 heteroatoms. The van der Waals surface area contributed by atoms with Crippen LogP contribution < -0.4 is 0 Å². The number of aromatic hydroxyl groups is 2. The Bertz CT molecular complexity index is 1320. The average molecular weight is 614 g/mol. The molecule has 4 rings (SSSR count). The van der Waals surface area contributed by atoms with Crippen molar-refractivity contribution in [3.8, 4) is 11.5 Å². The van der Waals surface area contributed by atoms with Crippen LogP contribution in [0.2, 0.25) is 0 Å². The first-order chi connectivity index (χ1) is 19.3. The summed E-state index contributed by atoms with van der Waals surface area (Å²) in [6, 6.07) is 23.3. The Morgan fingerprint density at radius 1 is 0.690 bits per heavy atom. The van der Waals surface area contributed by atoms with Gasteiger partial charge in [0.2, 0.25) is 0 Å². The third-order valence-corrected chi connectivity index (χ3v) is 6.57. The van der Waals surface area contributed by atoms with Gasteiger partial charge in [0.25, 0.3) is 0 Å². The van der Waals surface area contributed by atoms with Crippen molar-refractivity contribution in [2.75, 3.05) is 26.2 Å². The Kier molecular flexibility index (Phi) is 13.3. The maximum atomic E-state index is 12.5. The predicted molar refractivity (Wildman–Crippen MR) is 153 cm³/mol. The van der Waals surface area contributed by atoms with Crippen LogP contribution in [0.1, 0.15) is 41.5 Å². The van der Waals surface area contributed by atoms with Gasteiger partial charge in [-0.3, -0.25) is 29.4 Å². The first-order valence-electron chi connectivity index (χ1n) is 12.9.